The van der Waals surface area contributed by atoms with Crippen molar-refractivity contribution < 1.29 is 18.9 Å². The van der Waals surface area contributed by atoms with Crippen LogP contribution in [0.15, 0.2) is 94.6 Å². The molecular weight excluding hydrogens is 444 g/mol. The minimum atomic E-state index is -0.417. The van der Waals surface area contributed by atoms with E-state index in [9.17, 15) is 4.79 Å². The van der Waals surface area contributed by atoms with Gasteiger partial charge in [0.2, 0.25) is 0 Å². The lowest BCUT2D eigenvalue weighted by molar-refractivity contribution is 0.0732. The molecular formula is C27H24N4O4. The molecule has 1 atom stereocenters. The lowest BCUT2D eigenvalue weighted by atomic mass is 10.0. The number of amides is 1. The topological polar surface area (TPSA) is 90.1 Å². The number of hydrogen-bond donors (Lipinski definition) is 0. The molecule has 1 saturated heterocycles. The van der Waals surface area contributed by atoms with Gasteiger partial charge in [0.15, 0.2) is 12.4 Å². The van der Waals surface area contributed by atoms with Gasteiger partial charge in [0.25, 0.3) is 11.8 Å². The van der Waals surface area contributed by atoms with Crippen molar-refractivity contribution in [1.29, 1.82) is 0 Å². The van der Waals surface area contributed by atoms with Gasteiger partial charge < -0.3 is 19.0 Å². The Morgan fingerprint density at radius 2 is 1.69 bits per heavy atom. The minimum absolute atomic E-state index is 0.136. The molecule has 0 spiro atoms. The second-order valence-corrected chi connectivity index (χ2v) is 8.08. The fourth-order valence-electron chi connectivity index (χ4n) is 4.07. The van der Waals surface area contributed by atoms with E-state index < -0.39 is 6.04 Å². The minimum Gasteiger partial charge on any atom is -0.484 e. The second kappa shape index (κ2) is 10.2. The van der Waals surface area contributed by atoms with E-state index in [0.29, 0.717) is 36.0 Å². The molecule has 2 heterocycles. The van der Waals surface area contributed by atoms with Crippen LogP contribution in [0.1, 0.15) is 34.5 Å². The van der Waals surface area contributed by atoms with E-state index in [0.717, 1.165) is 16.8 Å². The number of aromatic nitrogens is 2. The monoisotopic (exact) mass is 468 g/mol. The van der Waals surface area contributed by atoms with E-state index in [1.807, 2.05) is 84.9 Å². The third-order valence-corrected chi connectivity index (χ3v) is 5.77. The number of likely N-dealkylation sites (tertiary alicyclic amines) is 1. The van der Waals surface area contributed by atoms with Crippen LogP contribution in [0, 0.1) is 0 Å². The first-order valence-corrected chi connectivity index (χ1v) is 11.3. The summed E-state index contributed by atoms with van der Waals surface area (Å²) in [5, 5.41) is 8.20. The van der Waals surface area contributed by atoms with Gasteiger partial charge in [-0.05, 0) is 35.4 Å². The first kappa shape index (κ1) is 22.3. The first-order valence-electron chi connectivity index (χ1n) is 11.3. The van der Waals surface area contributed by atoms with E-state index >= 15 is 0 Å². The lowest BCUT2D eigenvalue weighted by Gasteiger charge is -2.21. The van der Waals surface area contributed by atoms with Gasteiger partial charge in [0.05, 0.1) is 12.3 Å². The summed E-state index contributed by atoms with van der Waals surface area (Å²) >= 11 is 0. The number of carbonyl (C=O) groups is 1. The van der Waals surface area contributed by atoms with Crippen molar-refractivity contribution in [2.75, 3.05) is 13.7 Å². The van der Waals surface area contributed by atoms with Crippen LogP contribution in [0.2, 0.25) is 0 Å². The molecule has 4 aromatic rings. The third-order valence-electron chi connectivity index (χ3n) is 5.77. The Kier molecular flexibility index (Phi) is 6.52. The molecule has 5 rings (SSSR count). The van der Waals surface area contributed by atoms with Crippen molar-refractivity contribution in [1.82, 2.24) is 15.0 Å². The Morgan fingerprint density at radius 3 is 2.40 bits per heavy atom. The van der Waals surface area contributed by atoms with Gasteiger partial charge in [0, 0.05) is 12.0 Å². The molecule has 1 aliphatic heterocycles. The highest BCUT2D eigenvalue weighted by Crippen LogP contribution is 2.31. The molecule has 1 unspecified atom stereocenters. The summed E-state index contributed by atoms with van der Waals surface area (Å²) in [4.78, 5) is 24.6. The van der Waals surface area contributed by atoms with E-state index in [2.05, 4.69) is 15.3 Å². The van der Waals surface area contributed by atoms with Crippen LogP contribution in [-0.2, 0) is 11.4 Å². The van der Waals surface area contributed by atoms with Gasteiger partial charge in [-0.2, -0.15) is 4.98 Å². The maximum atomic E-state index is 13.5. The van der Waals surface area contributed by atoms with Crippen LogP contribution in [0.25, 0.3) is 11.1 Å². The molecule has 0 bridgehead atoms. The molecule has 8 nitrogen and oxygen atoms in total. The molecule has 3 aromatic carbocycles. The van der Waals surface area contributed by atoms with Crippen LogP contribution in [0.4, 0.5) is 0 Å². The smallest absolute Gasteiger partial charge is 0.264 e. The number of benzene rings is 3. The van der Waals surface area contributed by atoms with Gasteiger partial charge in [-0.1, -0.05) is 71.0 Å². The van der Waals surface area contributed by atoms with Crippen LogP contribution < -0.4 is 4.74 Å². The number of oxime groups is 1. The van der Waals surface area contributed by atoms with Gasteiger partial charge >= 0.3 is 0 Å². The summed E-state index contributed by atoms with van der Waals surface area (Å²) in [6.45, 7) is 0.458. The Labute approximate surface area is 202 Å². The Hall–Kier alpha value is -4.46. The molecule has 1 fully saturated rings. The molecule has 0 saturated carbocycles. The molecule has 1 aromatic heterocycles. The highest BCUT2D eigenvalue weighted by atomic mass is 16.6. The molecule has 1 amide bonds. The van der Waals surface area contributed by atoms with Gasteiger partial charge in [-0.15, -0.1) is 0 Å². The second-order valence-electron chi connectivity index (χ2n) is 8.08. The summed E-state index contributed by atoms with van der Waals surface area (Å²) in [6.07, 6.45) is 0.459. The van der Waals surface area contributed by atoms with Gasteiger partial charge in [-0.25, -0.2) is 0 Å². The highest BCUT2D eigenvalue weighted by Gasteiger charge is 2.38. The summed E-state index contributed by atoms with van der Waals surface area (Å²) in [5.41, 5.74) is 3.45. The van der Waals surface area contributed by atoms with Crippen molar-refractivity contribution in [2.45, 2.75) is 19.1 Å². The van der Waals surface area contributed by atoms with Gasteiger partial charge in [-0.3, -0.25) is 4.79 Å². The quantitative estimate of drug-likeness (QED) is 0.358. The van der Waals surface area contributed by atoms with Crippen molar-refractivity contribution in [3.63, 3.8) is 0 Å². The summed E-state index contributed by atoms with van der Waals surface area (Å²) < 4.78 is 11.1. The predicted molar refractivity (Wildman–Crippen MR) is 130 cm³/mol. The zero-order valence-electron chi connectivity index (χ0n) is 19.2. The summed E-state index contributed by atoms with van der Waals surface area (Å²) in [6, 6.07) is 26.6. The Bertz CT molecular complexity index is 1300. The SMILES string of the molecule is CON=C1CC(c2noc(COc3ccccc3)n2)N(C(=O)c2ccc(-c3ccccc3)cc2)C1. The molecule has 0 N–H and O–H groups in total. The fourth-order valence-corrected chi connectivity index (χ4v) is 4.07. The number of rotatable bonds is 7. The first-order chi connectivity index (χ1) is 17.2. The number of para-hydroxylation sites is 1. The van der Waals surface area contributed by atoms with Crippen LogP contribution in [-0.4, -0.2) is 40.3 Å². The fraction of sp³-hybridized carbons (Fsp3) is 0.185. The van der Waals surface area contributed by atoms with Crippen LogP contribution >= 0.6 is 0 Å². The van der Waals surface area contributed by atoms with Crippen LogP contribution in [0.5, 0.6) is 5.75 Å². The number of carbonyl (C=O) groups excluding carboxylic acids is 1. The zero-order valence-corrected chi connectivity index (χ0v) is 19.2. The standard InChI is InChI=1S/C27H24N4O4/c1-33-29-22-16-24(26-28-25(35-30-26)18-34-23-10-6-3-7-11-23)31(17-22)27(32)21-14-12-20(13-15-21)19-8-4-2-5-9-19/h2-15,24H,16-18H2,1H3. The van der Waals surface area contributed by atoms with E-state index in [-0.39, 0.29) is 12.5 Å². The Balaban J connectivity index is 1.34. The zero-order chi connectivity index (χ0) is 24.0. The Morgan fingerprint density at radius 1 is 1.00 bits per heavy atom. The average molecular weight is 469 g/mol. The van der Waals surface area contributed by atoms with E-state index in [1.54, 1.807) is 4.90 Å². The van der Waals surface area contributed by atoms with E-state index in [1.165, 1.54) is 7.11 Å². The molecule has 0 aliphatic carbocycles. The molecule has 0 radical (unpaired) electrons. The number of ether oxygens (including phenoxy) is 1. The van der Waals surface area contributed by atoms with Crippen molar-refractivity contribution >= 4 is 11.6 Å². The summed E-state index contributed by atoms with van der Waals surface area (Å²) in [7, 11) is 1.49. The normalized spacial score (nSPS) is 16.4. The number of nitrogens with zero attached hydrogens (tertiary/aromatic N) is 4. The lowest BCUT2D eigenvalue weighted by Crippen LogP contribution is -2.31. The van der Waals surface area contributed by atoms with Crippen molar-refractivity contribution in [2.24, 2.45) is 5.16 Å². The third kappa shape index (κ3) is 5.06. The molecule has 8 heteroatoms. The van der Waals surface area contributed by atoms with Gasteiger partial charge in [0.1, 0.15) is 18.9 Å². The summed E-state index contributed by atoms with van der Waals surface area (Å²) in [5.74, 6) is 1.31. The molecule has 176 valence electrons. The number of hydrogen-bond acceptors (Lipinski definition) is 7. The largest absolute Gasteiger partial charge is 0.484 e. The van der Waals surface area contributed by atoms with Crippen molar-refractivity contribution in [3.8, 4) is 16.9 Å². The van der Waals surface area contributed by atoms with Crippen LogP contribution in [0.3, 0.4) is 0 Å². The highest BCUT2D eigenvalue weighted by molar-refractivity contribution is 6.00. The van der Waals surface area contributed by atoms with E-state index in [4.69, 9.17) is 14.1 Å². The maximum absolute atomic E-state index is 13.5. The van der Waals surface area contributed by atoms with Crippen molar-refractivity contribution in [3.05, 3.63) is 102 Å². The predicted octanol–water partition coefficient (Wildman–Crippen LogP) is 4.91. The molecule has 1 aliphatic rings. The maximum Gasteiger partial charge on any atom is 0.264 e. The molecule has 35 heavy (non-hydrogen) atoms. The average Bonchev–Trinajstić information content (AvgIpc) is 3.56.